The first-order chi connectivity index (χ1) is 7.79. The summed E-state index contributed by atoms with van der Waals surface area (Å²) in [5, 5.41) is 1.43. The molecule has 16 heavy (non-hydrogen) atoms. The van der Waals surface area contributed by atoms with Gasteiger partial charge >= 0.3 is 0 Å². The van der Waals surface area contributed by atoms with E-state index in [-0.39, 0.29) is 0 Å². The van der Waals surface area contributed by atoms with Gasteiger partial charge in [0.1, 0.15) is 11.5 Å². The molecule has 0 amide bonds. The Morgan fingerprint density at radius 1 is 1.25 bits per heavy atom. The molecule has 0 atom stereocenters. The van der Waals surface area contributed by atoms with E-state index >= 15 is 0 Å². The lowest BCUT2D eigenvalue weighted by molar-refractivity contribution is 0.480. The summed E-state index contributed by atoms with van der Waals surface area (Å²) < 4.78 is 5.60. The molecule has 0 fully saturated rings. The Hall–Kier alpha value is -1.06. The largest absolute Gasteiger partial charge is 0.456 e. The number of alkyl halides is 1. The van der Waals surface area contributed by atoms with Gasteiger partial charge < -0.3 is 4.74 Å². The molecule has 0 N–H and O–H groups in total. The molecule has 1 aromatic carbocycles. The normalized spacial score (nSPS) is 10.1. The number of benzene rings is 1. The van der Waals surface area contributed by atoms with Crippen LogP contribution in [0.5, 0.6) is 11.5 Å². The molecule has 4 heteroatoms. The topological polar surface area (TPSA) is 22.1 Å². The molecule has 0 saturated heterocycles. The zero-order valence-electron chi connectivity index (χ0n) is 8.36. The molecule has 0 radical (unpaired) electrons. The molecule has 0 unspecified atom stereocenters. The van der Waals surface area contributed by atoms with Crippen LogP contribution in [0.25, 0.3) is 0 Å². The smallest absolute Gasteiger partial charge is 0.145 e. The lowest BCUT2D eigenvalue weighted by Gasteiger charge is -2.06. The summed E-state index contributed by atoms with van der Waals surface area (Å²) in [5.74, 6) is 1.41. The van der Waals surface area contributed by atoms with Crippen molar-refractivity contribution < 1.29 is 4.74 Å². The average molecular weight is 299 g/mol. The minimum Gasteiger partial charge on any atom is -0.456 e. The van der Waals surface area contributed by atoms with Gasteiger partial charge in [0.15, 0.2) is 0 Å². The maximum absolute atomic E-state index is 6.07. The van der Waals surface area contributed by atoms with E-state index in [9.17, 15) is 0 Å². The number of pyridine rings is 1. The Morgan fingerprint density at radius 2 is 2.12 bits per heavy atom. The quantitative estimate of drug-likeness (QED) is 0.782. The number of hydrogen-bond donors (Lipinski definition) is 0. The van der Waals surface area contributed by atoms with Gasteiger partial charge in [-0.2, -0.15) is 0 Å². The summed E-state index contributed by atoms with van der Waals surface area (Å²) in [7, 11) is 0. The van der Waals surface area contributed by atoms with Crippen molar-refractivity contribution in [2.24, 2.45) is 0 Å². The van der Waals surface area contributed by atoms with E-state index in [4.69, 9.17) is 16.3 Å². The molecule has 0 aliphatic rings. The number of hydrogen-bond acceptors (Lipinski definition) is 2. The van der Waals surface area contributed by atoms with E-state index < -0.39 is 0 Å². The highest BCUT2D eigenvalue weighted by atomic mass is 79.9. The van der Waals surface area contributed by atoms with E-state index in [2.05, 4.69) is 20.9 Å². The molecular formula is C12H9BrClNO. The summed E-state index contributed by atoms with van der Waals surface area (Å²) in [6, 6.07) is 9.28. The number of aromatic nitrogens is 1. The number of rotatable bonds is 3. The Bertz CT molecular complexity index is 476. The minimum atomic E-state index is 0.693. The monoisotopic (exact) mass is 297 g/mol. The van der Waals surface area contributed by atoms with Crippen molar-refractivity contribution in [3.05, 3.63) is 53.3 Å². The van der Waals surface area contributed by atoms with Gasteiger partial charge in [-0.05, 0) is 29.8 Å². The summed E-state index contributed by atoms with van der Waals surface area (Å²) >= 11 is 9.43. The van der Waals surface area contributed by atoms with Crippen molar-refractivity contribution in [1.82, 2.24) is 4.98 Å². The highest BCUT2D eigenvalue weighted by molar-refractivity contribution is 9.08. The van der Waals surface area contributed by atoms with Crippen LogP contribution in [-0.4, -0.2) is 4.98 Å². The van der Waals surface area contributed by atoms with Gasteiger partial charge in [-0.3, -0.25) is 4.98 Å². The van der Waals surface area contributed by atoms with Crippen molar-refractivity contribution in [3.63, 3.8) is 0 Å². The lowest BCUT2D eigenvalue weighted by atomic mass is 10.2. The first-order valence-electron chi connectivity index (χ1n) is 4.72. The second kappa shape index (κ2) is 5.32. The molecule has 0 aliphatic carbocycles. The Labute approximate surface area is 107 Å². The molecule has 1 heterocycles. The van der Waals surface area contributed by atoms with Crippen molar-refractivity contribution in [3.8, 4) is 11.5 Å². The third kappa shape index (κ3) is 2.74. The fraction of sp³-hybridized carbons (Fsp3) is 0.0833. The summed E-state index contributed by atoms with van der Waals surface area (Å²) in [5.41, 5.74) is 1.04. The van der Waals surface area contributed by atoms with Gasteiger partial charge in [0.25, 0.3) is 0 Å². The van der Waals surface area contributed by atoms with Crippen molar-refractivity contribution in [2.75, 3.05) is 0 Å². The molecule has 1 aromatic heterocycles. The van der Waals surface area contributed by atoms with Crippen LogP contribution in [0.2, 0.25) is 5.02 Å². The van der Waals surface area contributed by atoms with Crippen LogP contribution < -0.4 is 4.74 Å². The third-order valence-electron chi connectivity index (χ3n) is 2.04. The number of ether oxygens (including phenoxy) is 1. The first kappa shape index (κ1) is 11.4. The van der Waals surface area contributed by atoms with Gasteiger partial charge in [-0.15, -0.1) is 0 Å². The minimum absolute atomic E-state index is 0.693. The summed E-state index contributed by atoms with van der Waals surface area (Å²) in [6.07, 6.45) is 3.36. The third-order valence-corrected chi connectivity index (χ3v) is 2.99. The van der Waals surface area contributed by atoms with Gasteiger partial charge in [0.05, 0.1) is 6.20 Å². The van der Waals surface area contributed by atoms with Gasteiger partial charge in [-0.25, -0.2) is 0 Å². The Morgan fingerprint density at radius 3 is 2.75 bits per heavy atom. The van der Waals surface area contributed by atoms with Gasteiger partial charge in [-0.1, -0.05) is 33.6 Å². The van der Waals surface area contributed by atoms with Crippen LogP contribution in [0.15, 0.2) is 42.7 Å². The van der Waals surface area contributed by atoms with Crippen LogP contribution in [0.1, 0.15) is 5.56 Å². The van der Waals surface area contributed by atoms with Crippen molar-refractivity contribution >= 4 is 27.5 Å². The maximum atomic E-state index is 6.07. The van der Waals surface area contributed by atoms with Crippen LogP contribution in [0, 0.1) is 0 Å². The molecule has 0 saturated carbocycles. The number of halogens is 2. The number of nitrogens with zero attached hydrogens (tertiary/aromatic N) is 1. The van der Waals surface area contributed by atoms with Gasteiger partial charge in [0, 0.05) is 16.5 Å². The Kier molecular flexibility index (Phi) is 3.80. The Balaban J connectivity index is 2.20. The van der Waals surface area contributed by atoms with Gasteiger partial charge in [0.2, 0.25) is 0 Å². The van der Waals surface area contributed by atoms with Crippen LogP contribution >= 0.6 is 27.5 Å². The zero-order chi connectivity index (χ0) is 11.4. The van der Waals surface area contributed by atoms with E-state index in [1.165, 1.54) is 0 Å². The second-order valence-electron chi connectivity index (χ2n) is 3.18. The van der Waals surface area contributed by atoms with Crippen LogP contribution in [0.3, 0.4) is 0 Å². The zero-order valence-corrected chi connectivity index (χ0v) is 10.7. The van der Waals surface area contributed by atoms with E-state index in [0.717, 1.165) is 10.9 Å². The average Bonchev–Trinajstić information content (AvgIpc) is 2.31. The predicted octanol–water partition coefficient (Wildman–Crippen LogP) is 4.42. The van der Waals surface area contributed by atoms with E-state index in [1.54, 1.807) is 18.5 Å². The van der Waals surface area contributed by atoms with E-state index in [0.29, 0.717) is 16.5 Å². The maximum Gasteiger partial charge on any atom is 0.145 e. The molecule has 2 nitrogen and oxygen atoms in total. The fourth-order valence-corrected chi connectivity index (χ4v) is 2.13. The highest BCUT2D eigenvalue weighted by Gasteiger charge is 2.02. The summed E-state index contributed by atoms with van der Waals surface area (Å²) in [6.45, 7) is 0. The van der Waals surface area contributed by atoms with Crippen LogP contribution in [-0.2, 0) is 5.33 Å². The predicted molar refractivity (Wildman–Crippen MR) is 68.4 cm³/mol. The SMILES string of the molecule is Clc1cc(Oc2cccnc2)ccc1CBr. The second-order valence-corrected chi connectivity index (χ2v) is 4.15. The lowest BCUT2D eigenvalue weighted by Crippen LogP contribution is -1.86. The standard InChI is InChI=1S/C12H9BrClNO/c13-7-9-3-4-10(6-12(9)14)16-11-2-1-5-15-8-11/h1-6,8H,7H2. The molecule has 0 bridgehead atoms. The highest BCUT2D eigenvalue weighted by Crippen LogP contribution is 2.27. The molecule has 2 rings (SSSR count). The molecule has 0 aliphatic heterocycles. The molecule has 0 spiro atoms. The van der Waals surface area contributed by atoms with E-state index in [1.807, 2.05) is 24.3 Å². The fourth-order valence-electron chi connectivity index (χ4n) is 1.24. The molecule has 2 aromatic rings. The summed E-state index contributed by atoms with van der Waals surface area (Å²) in [4.78, 5) is 3.97. The van der Waals surface area contributed by atoms with Crippen LogP contribution in [0.4, 0.5) is 0 Å². The first-order valence-corrected chi connectivity index (χ1v) is 6.22. The van der Waals surface area contributed by atoms with Crippen molar-refractivity contribution in [1.29, 1.82) is 0 Å². The molecule has 82 valence electrons. The molecular weight excluding hydrogens is 289 g/mol. The van der Waals surface area contributed by atoms with Crippen molar-refractivity contribution in [2.45, 2.75) is 5.33 Å².